The standard InChI is InChI=1S/C24H26ClF3N2O4/c1-3-34-21-13-16(12-20(25)23(21)32-2)4-7-22(31)29-15-17-5-6-18(14-19(17)24(26,27)28)30-8-10-33-11-9-30/h4-7,12-14H,3,8-11,15H2,1-2H3,(H,29,31). The summed E-state index contributed by atoms with van der Waals surface area (Å²) < 4.78 is 57.0. The Bertz CT molecular complexity index is 1040. The lowest BCUT2D eigenvalue weighted by Gasteiger charge is -2.29. The highest BCUT2D eigenvalue weighted by Crippen LogP contribution is 2.37. The molecule has 6 nitrogen and oxygen atoms in total. The van der Waals surface area contributed by atoms with Crippen molar-refractivity contribution < 1.29 is 32.2 Å². The summed E-state index contributed by atoms with van der Waals surface area (Å²) in [6, 6.07) is 7.40. The van der Waals surface area contributed by atoms with Crippen molar-refractivity contribution in [1.82, 2.24) is 5.32 Å². The maximum atomic E-state index is 13.7. The van der Waals surface area contributed by atoms with Crippen LogP contribution in [-0.4, -0.2) is 45.9 Å². The van der Waals surface area contributed by atoms with Crippen molar-refractivity contribution in [2.24, 2.45) is 0 Å². The predicted octanol–water partition coefficient (Wildman–Crippen LogP) is 4.93. The average Bonchev–Trinajstić information content (AvgIpc) is 2.81. The van der Waals surface area contributed by atoms with Crippen LogP contribution in [0.5, 0.6) is 11.5 Å². The maximum absolute atomic E-state index is 13.7. The molecule has 1 amide bonds. The number of nitrogens with one attached hydrogen (secondary N) is 1. The number of carbonyl (C=O) groups is 1. The number of methoxy groups -OCH3 is 1. The van der Waals surface area contributed by atoms with Gasteiger partial charge < -0.3 is 24.4 Å². The van der Waals surface area contributed by atoms with E-state index in [0.29, 0.717) is 60.7 Å². The summed E-state index contributed by atoms with van der Waals surface area (Å²) in [5.41, 5.74) is 0.267. The van der Waals surface area contributed by atoms with Crippen LogP contribution in [0.4, 0.5) is 18.9 Å². The largest absolute Gasteiger partial charge is 0.491 e. The van der Waals surface area contributed by atoms with E-state index in [1.54, 1.807) is 18.2 Å². The van der Waals surface area contributed by atoms with Gasteiger partial charge in [0.05, 0.1) is 37.5 Å². The first kappa shape index (κ1) is 25.7. The van der Waals surface area contributed by atoms with E-state index in [1.165, 1.54) is 25.3 Å². The molecule has 10 heteroatoms. The Morgan fingerprint density at radius 3 is 2.62 bits per heavy atom. The zero-order valence-electron chi connectivity index (χ0n) is 18.9. The number of nitrogens with zero attached hydrogens (tertiary/aromatic N) is 1. The fraction of sp³-hybridized carbons (Fsp3) is 0.375. The highest BCUT2D eigenvalue weighted by Gasteiger charge is 2.34. The fourth-order valence-electron chi connectivity index (χ4n) is 3.56. The highest BCUT2D eigenvalue weighted by atomic mass is 35.5. The smallest absolute Gasteiger partial charge is 0.416 e. The van der Waals surface area contributed by atoms with E-state index < -0.39 is 17.6 Å². The van der Waals surface area contributed by atoms with Gasteiger partial charge in [-0.1, -0.05) is 17.7 Å². The molecule has 1 N–H and O–H groups in total. The lowest BCUT2D eigenvalue weighted by Crippen LogP contribution is -2.36. The third-order valence-corrected chi connectivity index (χ3v) is 5.47. The van der Waals surface area contributed by atoms with E-state index >= 15 is 0 Å². The van der Waals surface area contributed by atoms with Crippen molar-refractivity contribution in [3.05, 3.63) is 58.1 Å². The van der Waals surface area contributed by atoms with Gasteiger partial charge in [-0.25, -0.2) is 0 Å². The molecule has 0 aromatic heterocycles. The van der Waals surface area contributed by atoms with E-state index in [-0.39, 0.29) is 12.1 Å². The molecular formula is C24H26ClF3N2O4. The number of amides is 1. The number of benzene rings is 2. The second-order valence-electron chi connectivity index (χ2n) is 7.46. The van der Waals surface area contributed by atoms with Gasteiger partial charge in [-0.15, -0.1) is 0 Å². The SMILES string of the molecule is CCOc1cc(C=CC(=O)NCc2ccc(N3CCOCC3)cc2C(F)(F)F)cc(Cl)c1OC. The Balaban J connectivity index is 1.71. The minimum Gasteiger partial charge on any atom is -0.491 e. The van der Waals surface area contributed by atoms with Crippen molar-refractivity contribution in [2.75, 3.05) is 44.9 Å². The summed E-state index contributed by atoms with van der Waals surface area (Å²) in [6.45, 7) is 3.93. The molecule has 0 bridgehead atoms. The van der Waals surface area contributed by atoms with Crippen molar-refractivity contribution in [3.63, 3.8) is 0 Å². The quantitative estimate of drug-likeness (QED) is 0.523. The summed E-state index contributed by atoms with van der Waals surface area (Å²) in [7, 11) is 1.47. The zero-order chi connectivity index (χ0) is 24.7. The second kappa shape index (κ2) is 11.5. The lowest BCUT2D eigenvalue weighted by atomic mass is 10.0. The topological polar surface area (TPSA) is 60.0 Å². The number of morpholine rings is 1. The molecule has 1 fully saturated rings. The van der Waals surface area contributed by atoms with Gasteiger partial charge in [0.25, 0.3) is 0 Å². The highest BCUT2D eigenvalue weighted by molar-refractivity contribution is 6.32. The van der Waals surface area contributed by atoms with E-state index in [1.807, 2.05) is 11.8 Å². The number of ether oxygens (including phenoxy) is 3. The van der Waals surface area contributed by atoms with E-state index in [2.05, 4.69) is 5.32 Å². The van der Waals surface area contributed by atoms with Crippen LogP contribution in [0, 0.1) is 0 Å². The van der Waals surface area contributed by atoms with Gasteiger partial charge in [0.15, 0.2) is 11.5 Å². The first-order valence-corrected chi connectivity index (χ1v) is 11.1. The normalized spacial score (nSPS) is 14.4. The molecule has 0 spiro atoms. The molecule has 2 aromatic carbocycles. The Labute approximate surface area is 201 Å². The lowest BCUT2D eigenvalue weighted by molar-refractivity contribution is -0.138. The Morgan fingerprint density at radius 1 is 1.24 bits per heavy atom. The number of alkyl halides is 3. The summed E-state index contributed by atoms with van der Waals surface area (Å²) in [6.07, 6.45) is -1.83. The van der Waals surface area contributed by atoms with Crippen molar-refractivity contribution in [3.8, 4) is 11.5 Å². The number of carbonyl (C=O) groups excluding carboxylic acids is 1. The van der Waals surface area contributed by atoms with E-state index in [9.17, 15) is 18.0 Å². The molecule has 0 atom stereocenters. The van der Waals surface area contributed by atoms with Crippen molar-refractivity contribution in [2.45, 2.75) is 19.6 Å². The van der Waals surface area contributed by atoms with Gasteiger partial charge in [0.1, 0.15) is 0 Å². The molecule has 3 rings (SSSR count). The summed E-state index contributed by atoms with van der Waals surface area (Å²) in [5, 5.41) is 2.82. The average molecular weight is 499 g/mol. The van der Waals surface area contributed by atoms with Crippen LogP contribution in [0.15, 0.2) is 36.4 Å². The maximum Gasteiger partial charge on any atom is 0.416 e. The third-order valence-electron chi connectivity index (χ3n) is 5.19. The molecule has 0 radical (unpaired) electrons. The van der Waals surface area contributed by atoms with Crippen LogP contribution < -0.4 is 19.7 Å². The molecule has 1 aliphatic heterocycles. The van der Waals surface area contributed by atoms with Crippen LogP contribution in [0.1, 0.15) is 23.6 Å². The fourth-order valence-corrected chi connectivity index (χ4v) is 3.86. The molecule has 1 aliphatic rings. The Kier molecular flexibility index (Phi) is 8.68. The van der Waals surface area contributed by atoms with Crippen LogP contribution in [0.3, 0.4) is 0 Å². The molecular weight excluding hydrogens is 473 g/mol. The Morgan fingerprint density at radius 2 is 1.97 bits per heavy atom. The number of rotatable bonds is 8. The van der Waals surface area contributed by atoms with E-state index in [0.717, 1.165) is 6.07 Å². The minimum absolute atomic E-state index is 0.0163. The minimum atomic E-state index is -4.55. The third kappa shape index (κ3) is 6.57. The zero-order valence-corrected chi connectivity index (χ0v) is 19.6. The van der Waals surface area contributed by atoms with Crippen molar-refractivity contribution >= 4 is 29.3 Å². The first-order chi connectivity index (χ1) is 16.2. The van der Waals surface area contributed by atoms with Gasteiger partial charge in [0.2, 0.25) is 5.91 Å². The van der Waals surface area contributed by atoms with Crippen molar-refractivity contribution in [1.29, 1.82) is 0 Å². The molecule has 0 aliphatic carbocycles. The number of hydrogen-bond donors (Lipinski definition) is 1. The van der Waals surface area contributed by atoms with Gasteiger partial charge in [-0.05, 0) is 48.4 Å². The van der Waals surface area contributed by atoms with Gasteiger partial charge >= 0.3 is 6.18 Å². The summed E-state index contributed by atoms with van der Waals surface area (Å²) >= 11 is 6.20. The number of halogens is 4. The van der Waals surface area contributed by atoms with Crippen LogP contribution in [0.2, 0.25) is 5.02 Å². The monoisotopic (exact) mass is 498 g/mol. The van der Waals surface area contributed by atoms with Crippen LogP contribution >= 0.6 is 11.6 Å². The predicted molar refractivity (Wildman–Crippen MR) is 125 cm³/mol. The molecule has 2 aromatic rings. The molecule has 1 saturated heterocycles. The molecule has 34 heavy (non-hydrogen) atoms. The van der Waals surface area contributed by atoms with Gasteiger partial charge in [-0.3, -0.25) is 4.79 Å². The first-order valence-electron chi connectivity index (χ1n) is 10.7. The van der Waals surface area contributed by atoms with Gasteiger partial charge in [-0.2, -0.15) is 13.2 Å². The summed E-state index contributed by atoms with van der Waals surface area (Å²) in [5.74, 6) is 0.258. The van der Waals surface area contributed by atoms with E-state index in [4.69, 9.17) is 25.8 Å². The molecule has 184 valence electrons. The number of anilines is 1. The molecule has 0 unspecified atom stereocenters. The van der Waals surface area contributed by atoms with Crippen LogP contribution in [-0.2, 0) is 22.3 Å². The number of hydrogen-bond acceptors (Lipinski definition) is 5. The van der Waals surface area contributed by atoms with Gasteiger partial charge in [0, 0.05) is 31.4 Å². The molecule has 1 heterocycles. The summed E-state index contributed by atoms with van der Waals surface area (Å²) in [4.78, 5) is 14.1. The Hall–Kier alpha value is -2.91. The second-order valence-corrected chi connectivity index (χ2v) is 7.86. The molecule has 0 saturated carbocycles. The van der Waals surface area contributed by atoms with Crippen LogP contribution in [0.25, 0.3) is 6.08 Å².